The minimum Gasteiger partial charge on any atom is -0.393 e. The van der Waals surface area contributed by atoms with Gasteiger partial charge in [-0.05, 0) is 59.3 Å². The third-order valence-corrected chi connectivity index (χ3v) is 3.56. The van der Waals surface area contributed by atoms with Crippen molar-refractivity contribution in [2.24, 2.45) is 0 Å². The Morgan fingerprint density at radius 2 is 0.923 bits per heavy atom. The number of ether oxygens (including phenoxy) is 1. The zero-order chi connectivity index (χ0) is 20.4. The molecular weight excluding hydrogens is 425 g/mol. The summed E-state index contributed by atoms with van der Waals surface area (Å²) in [5.74, 6) is 0. The molecule has 0 aromatic rings. The van der Waals surface area contributed by atoms with Crippen molar-refractivity contribution < 1.29 is 49.7 Å². The summed E-state index contributed by atoms with van der Waals surface area (Å²) in [4.78, 5) is 0. The fraction of sp³-hybridized carbons (Fsp3) is 1.00. The van der Waals surface area contributed by atoms with Crippen LogP contribution in [0.15, 0.2) is 0 Å². The van der Waals surface area contributed by atoms with Crippen molar-refractivity contribution in [2.45, 2.75) is 117 Å². The molecule has 0 aliphatic rings. The van der Waals surface area contributed by atoms with Crippen molar-refractivity contribution in [3.63, 3.8) is 0 Å². The first kappa shape index (κ1) is 33.9. The van der Waals surface area contributed by atoms with Gasteiger partial charge in [0.15, 0.2) is 0 Å². The van der Waals surface area contributed by atoms with Gasteiger partial charge >= 0.3 is 0 Å². The monoisotopic (exact) mass is 470 g/mol. The normalized spacial score (nSPS) is 17.1. The minimum absolute atomic E-state index is 0. The molecule has 0 aliphatic carbocycles. The van der Waals surface area contributed by atoms with E-state index < -0.39 is 0 Å². The maximum atomic E-state index is 8.91. The van der Waals surface area contributed by atoms with Gasteiger partial charge in [0.2, 0.25) is 0 Å². The second kappa shape index (κ2) is 23.4. The first-order valence-electron chi connectivity index (χ1n) is 9.46. The van der Waals surface area contributed by atoms with E-state index in [9.17, 15) is 0 Å². The van der Waals surface area contributed by atoms with Gasteiger partial charge in [-0.1, -0.05) is 20.8 Å². The van der Waals surface area contributed by atoms with Gasteiger partial charge in [0.25, 0.3) is 0 Å². The van der Waals surface area contributed by atoms with Crippen molar-refractivity contribution >= 4 is 0 Å². The van der Waals surface area contributed by atoms with E-state index in [-0.39, 0.29) is 56.1 Å². The molecule has 5 N–H and O–H groups in total. The van der Waals surface area contributed by atoms with E-state index in [4.69, 9.17) is 30.3 Å². The van der Waals surface area contributed by atoms with Crippen molar-refractivity contribution in [1.82, 2.24) is 0 Å². The Kier molecular flexibility index (Phi) is 30.6. The summed E-state index contributed by atoms with van der Waals surface area (Å²) in [5, 5.41) is 44.0. The molecule has 0 saturated heterocycles. The predicted octanol–water partition coefficient (Wildman–Crippen LogP) is 2.24. The molecule has 6 unspecified atom stereocenters. The second-order valence-corrected chi connectivity index (χ2v) is 6.64. The smallest absolute Gasteiger partial charge is 0.0593 e. The van der Waals surface area contributed by atoms with Crippen LogP contribution < -0.4 is 0 Å². The van der Waals surface area contributed by atoms with Gasteiger partial charge < -0.3 is 30.3 Å². The van der Waals surface area contributed by atoms with E-state index in [1.165, 1.54) is 0 Å². The molecule has 0 aliphatic heterocycles. The molecule has 0 heterocycles. The summed E-state index contributed by atoms with van der Waals surface area (Å²) in [6.45, 7) is 11.0. The van der Waals surface area contributed by atoms with Crippen LogP contribution in [0.2, 0.25) is 0 Å². The van der Waals surface area contributed by atoms with Crippen molar-refractivity contribution in [2.75, 3.05) is 7.11 Å². The van der Waals surface area contributed by atoms with Crippen LogP contribution in [-0.2, 0) is 24.2 Å². The Balaban J connectivity index is -0.000000137. The summed E-state index contributed by atoms with van der Waals surface area (Å²) in [5.41, 5.74) is 0. The van der Waals surface area contributed by atoms with E-state index in [1.807, 2.05) is 13.8 Å². The maximum absolute atomic E-state index is 8.91. The number of aliphatic hydroxyl groups is 5. The zero-order valence-corrected chi connectivity index (χ0v) is 19.4. The average molecular weight is 470 g/mol. The molecule has 0 fully saturated rings. The van der Waals surface area contributed by atoms with Gasteiger partial charge in [0, 0.05) is 26.6 Å². The third-order valence-electron chi connectivity index (χ3n) is 3.56. The number of hydrogen-bond donors (Lipinski definition) is 5. The van der Waals surface area contributed by atoms with Crippen molar-refractivity contribution in [3.05, 3.63) is 0 Å². The van der Waals surface area contributed by atoms with Gasteiger partial charge in [-0.3, -0.25) is 0 Å². The van der Waals surface area contributed by atoms with Crippen LogP contribution in [0.5, 0.6) is 0 Å². The van der Waals surface area contributed by atoms with Gasteiger partial charge in [0.05, 0.1) is 36.6 Å². The molecule has 0 aromatic heterocycles. The molecule has 0 saturated carbocycles. The van der Waals surface area contributed by atoms with Gasteiger partial charge in [0.1, 0.15) is 0 Å². The van der Waals surface area contributed by atoms with Crippen LogP contribution in [0.4, 0.5) is 0 Å². The zero-order valence-electron chi connectivity index (χ0n) is 17.7. The summed E-state index contributed by atoms with van der Waals surface area (Å²) in [6, 6.07) is 0. The van der Waals surface area contributed by atoms with Crippen LogP contribution in [-0.4, -0.2) is 69.3 Å². The van der Waals surface area contributed by atoms with Crippen molar-refractivity contribution in [3.8, 4) is 0 Å². The molecule has 6 nitrogen and oxygen atoms in total. The Hall–Kier alpha value is 0.383. The van der Waals surface area contributed by atoms with Crippen LogP contribution in [0.25, 0.3) is 0 Å². The topological polar surface area (TPSA) is 110 Å². The summed E-state index contributed by atoms with van der Waals surface area (Å²) >= 11 is 0. The molecule has 0 spiro atoms. The molecule has 0 rings (SSSR count). The summed E-state index contributed by atoms with van der Waals surface area (Å²) in [6.07, 6.45) is 2.76. The maximum Gasteiger partial charge on any atom is 0.0593 e. The fourth-order valence-electron chi connectivity index (χ4n) is 1.93. The molecule has 7 heteroatoms. The SMILES string of the molecule is CCC(CC(C)O)OC.CCC(O)CC(C)O.CCC(O)CC(C)O.[Ru]. The third kappa shape index (κ3) is 32.1. The molecule has 6 atom stereocenters. The van der Waals surface area contributed by atoms with Crippen LogP contribution >= 0.6 is 0 Å². The predicted molar refractivity (Wildman–Crippen MR) is 103 cm³/mol. The van der Waals surface area contributed by atoms with E-state index in [1.54, 1.807) is 27.9 Å². The molecule has 0 amide bonds. The standard InChI is InChI=1S/C7H16O2.2C6H14O2.Ru/c1-4-7(9-3)5-6(2)8;2*1-3-6(8)4-5(2)7;/h6-8H,4-5H2,1-3H3;2*5-8H,3-4H2,1-2H3;. The van der Waals surface area contributed by atoms with E-state index in [0.717, 1.165) is 25.7 Å². The van der Waals surface area contributed by atoms with Crippen LogP contribution in [0.1, 0.15) is 80.1 Å². The minimum atomic E-state index is -0.370. The first-order chi connectivity index (χ1) is 11.5. The molecule has 26 heavy (non-hydrogen) atoms. The summed E-state index contributed by atoms with van der Waals surface area (Å²) < 4.78 is 5.05. The Bertz CT molecular complexity index is 232. The number of rotatable bonds is 10. The molecule has 0 aromatic carbocycles. The molecular formula is C19H44O6Ru. The van der Waals surface area contributed by atoms with Gasteiger partial charge in [-0.2, -0.15) is 0 Å². The quantitative estimate of drug-likeness (QED) is 0.314. The fourth-order valence-corrected chi connectivity index (χ4v) is 1.93. The van der Waals surface area contributed by atoms with E-state index >= 15 is 0 Å². The molecule has 0 bridgehead atoms. The average Bonchev–Trinajstić information content (AvgIpc) is 2.52. The number of methoxy groups -OCH3 is 1. The van der Waals surface area contributed by atoms with Gasteiger partial charge in [-0.25, -0.2) is 0 Å². The van der Waals surface area contributed by atoms with E-state index in [2.05, 4.69) is 6.92 Å². The van der Waals surface area contributed by atoms with Crippen molar-refractivity contribution in [1.29, 1.82) is 0 Å². The molecule has 0 radical (unpaired) electrons. The van der Waals surface area contributed by atoms with E-state index in [0.29, 0.717) is 12.8 Å². The number of hydrogen-bond acceptors (Lipinski definition) is 6. The van der Waals surface area contributed by atoms with Gasteiger partial charge in [-0.15, -0.1) is 0 Å². The Labute approximate surface area is 173 Å². The number of aliphatic hydroxyl groups excluding tert-OH is 5. The van der Waals surface area contributed by atoms with Crippen LogP contribution in [0, 0.1) is 0 Å². The Morgan fingerprint density at radius 3 is 1.00 bits per heavy atom. The second-order valence-electron chi connectivity index (χ2n) is 6.64. The largest absolute Gasteiger partial charge is 0.393 e. The Morgan fingerprint density at radius 1 is 0.615 bits per heavy atom. The first-order valence-corrected chi connectivity index (χ1v) is 9.46. The summed E-state index contributed by atoms with van der Waals surface area (Å²) in [7, 11) is 1.68. The molecule has 164 valence electrons. The van der Waals surface area contributed by atoms with Crippen LogP contribution in [0.3, 0.4) is 0 Å².